The van der Waals surface area contributed by atoms with Gasteiger partial charge in [0.15, 0.2) is 0 Å². The molecule has 1 aromatic carbocycles. The summed E-state index contributed by atoms with van der Waals surface area (Å²) >= 11 is 0. The fourth-order valence-corrected chi connectivity index (χ4v) is 5.19. The minimum Gasteiger partial charge on any atom is -0.368 e. The largest absolute Gasteiger partial charge is 0.368 e. The van der Waals surface area contributed by atoms with E-state index in [0.717, 1.165) is 6.42 Å². The number of rotatable bonds is 8. The number of carbonyl (C=O) groups is 2. The zero-order chi connectivity index (χ0) is 20.9. The molecule has 1 saturated heterocycles. The Hall–Kier alpha value is -2.00. The number of primary amides is 1. The number of piperidine rings is 1. The number of hydrogen-bond acceptors (Lipinski definition) is 4. The Morgan fingerprint density at radius 2 is 1.96 bits per heavy atom. The lowest BCUT2D eigenvalue weighted by Crippen LogP contribution is -2.46. The van der Waals surface area contributed by atoms with Gasteiger partial charge in [0.1, 0.15) is 11.9 Å². The highest BCUT2D eigenvalue weighted by Gasteiger charge is 2.35. The molecule has 0 saturated carbocycles. The number of unbranched alkanes of at least 4 members (excludes halogenated alkanes) is 1. The van der Waals surface area contributed by atoms with Gasteiger partial charge in [-0.05, 0) is 37.0 Å². The van der Waals surface area contributed by atoms with Crippen LogP contribution in [0, 0.1) is 11.7 Å². The van der Waals surface area contributed by atoms with E-state index in [1.807, 2.05) is 6.92 Å². The quantitative estimate of drug-likeness (QED) is 0.700. The SMILES string of the molecule is CCCCS(=O)(=O)N1CCC(C(=O)N(C)C(C(N)=O)c2cccc(F)c2)CC1. The van der Waals surface area contributed by atoms with Gasteiger partial charge in [-0.2, -0.15) is 0 Å². The summed E-state index contributed by atoms with van der Waals surface area (Å²) in [4.78, 5) is 26.1. The number of hydrogen-bond donors (Lipinski definition) is 1. The third-order valence-electron chi connectivity index (χ3n) is 5.12. The molecule has 28 heavy (non-hydrogen) atoms. The van der Waals surface area contributed by atoms with Crippen LogP contribution >= 0.6 is 0 Å². The molecule has 1 atom stereocenters. The molecule has 1 fully saturated rings. The van der Waals surface area contributed by atoms with Crippen molar-refractivity contribution in [3.63, 3.8) is 0 Å². The molecular formula is C19H28FN3O4S. The summed E-state index contributed by atoms with van der Waals surface area (Å²) in [5.41, 5.74) is 5.78. The normalized spacial score (nSPS) is 17.2. The zero-order valence-corrected chi connectivity index (χ0v) is 17.1. The Balaban J connectivity index is 2.06. The van der Waals surface area contributed by atoms with Crippen LogP contribution in [0.25, 0.3) is 0 Å². The molecule has 7 nitrogen and oxygen atoms in total. The number of nitrogens with zero attached hydrogens (tertiary/aromatic N) is 2. The average Bonchev–Trinajstić information content (AvgIpc) is 2.66. The lowest BCUT2D eigenvalue weighted by atomic mass is 9.95. The maximum absolute atomic E-state index is 13.5. The van der Waals surface area contributed by atoms with E-state index in [0.29, 0.717) is 24.8 Å². The van der Waals surface area contributed by atoms with Crippen LogP contribution in [0.15, 0.2) is 24.3 Å². The van der Waals surface area contributed by atoms with Crippen LogP contribution in [0.1, 0.15) is 44.2 Å². The number of nitrogens with two attached hydrogens (primary N) is 1. The van der Waals surface area contributed by atoms with Crippen LogP contribution in [0.3, 0.4) is 0 Å². The summed E-state index contributed by atoms with van der Waals surface area (Å²) in [6.45, 7) is 2.49. The standard InChI is InChI=1S/C19H28FN3O4S/c1-3-4-12-28(26,27)23-10-8-14(9-11-23)19(25)22(2)17(18(21)24)15-6-5-7-16(20)13-15/h5-7,13-14,17H,3-4,8-12H2,1-2H3,(H2,21,24). The van der Waals surface area contributed by atoms with Crippen LogP contribution in [-0.4, -0.2) is 55.3 Å². The van der Waals surface area contributed by atoms with Gasteiger partial charge in [0.2, 0.25) is 21.8 Å². The second kappa shape index (κ2) is 9.47. The van der Waals surface area contributed by atoms with Crippen LogP contribution in [0.4, 0.5) is 4.39 Å². The van der Waals surface area contributed by atoms with Gasteiger partial charge in [0.25, 0.3) is 0 Å². The molecule has 0 aromatic heterocycles. The van der Waals surface area contributed by atoms with Crippen LogP contribution < -0.4 is 5.73 Å². The van der Waals surface area contributed by atoms with E-state index in [1.165, 1.54) is 34.5 Å². The lowest BCUT2D eigenvalue weighted by Gasteiger charge is -2.34. The molecule has 0 bridgehead atoms. The molecule has 9 heteroatoms. The number of sulfonamides is 1. The van der Waals surface area contributed by atoms with Crippen molar-refractivity contribution in [2.45, 2.75) is 38.6 Å². The van der Waals surface area contributed by atoms with Crippen molar-refractivity contribution in [3.05, 3.63) is 35.6 Å². The van der Waals surface area contributed by atoms with E-state index in [-0.39, 0.29) is 24.7 Å². The highest BCUT2D eigenvalue weighted by Crippen LogP contribution is 2.27. The van der Waals surface area contributed by atoms with E-state index in [9.17, 15) is 22.4 Å². The minimum absolute atomic E-state index is 0.116. The minimum atomic E-state index is -3.30. The molecule has 1 aliphatic heterocycles. The Morgan fingerprint density at radius 3 is 2.50 bits per heavy atom. The van der Waals surface area contributed by atoms with Gasteiger partial charge >= 0.3 is 0 Å². The van der Waals surface area contributed by atoms with Gasteiger partial charge in [-0.1, -0.05) is 25.5 Å². The summed E-state index contributed by atoms with van der Waals surface area (Å²) in [5, 5.41) is 0. The number of likely N-dealkylation sites (N-methyl/N-ethyl adjacent to an activating group) is 1. The second-order valence-corrected chi connectivity index (χ2v) is 9.24. The van der Waals surface area contributed by atoms with Gasteiger partial charge in [0, 0.05) is 26.1 Å². The van der Waals surface area contributed by atoms with E-state index >= 15 is 0 Å². The third kappa shape index (κ3) is 5.29. The molecule has 1 heterocycles. The maximum atomic E-state index is 13.5. The van der Waals surface area contributed by atoms with Crippen molar-refractivity contribution in [1.82, 2.24) is 9.21 Å². The van der Waals surface area contributed by atoms with E-state index in [1.54, 1.807) is 6.07 Å². The molecule has 2 amide bonds. The summed E-state index contributed by atoms with van der Waals surface area (Å²) in [7, 11) is -1.83. The van der Waals surface area contributed by atoms with Crippen LogP contribution in [-0.2, 0) is 19.6 Å². The van der Waals surface area contributed by atoms with Gasteiger partial charge in [0.05, 0.1) is 5.75 Å². The Bertz CT molecular complexity index is 807. The van der Waals surface area contributed by atoms with Crippen LogP contribution in [0.2, 0.25) is 0 Å². The van der Waals surface area contributed by atoms with Crippen molar-refractivity contribution >= 4 is 21.8 Å². The Labute approximate surface area is 165 Å². The van der Waals surface area contributed by atoms with Crippen molar-refractivity contribution < 1.29 is 22.4 Å². The first-order valence-electron chi connectivity index (χ1n) is 9.46. The van der Waals surface area contributed by atoms with Crippen molar-refractivity contribution in [3.8, 4) is 0 Å². The first-order valence-corrected chi connectivity index (χ1v) is 11.1. The fraction of sp³-hybridized carbons (Fsp3) is 0.579. The summed E-state index contributed by atoms with van der Waals surface area (Å²) in [6.07, 6.45) is 2.16. The molecule has 1 aromatic rings. The van der Waals surface area contributed by atoms with E-state index in [2.05, 4.69) is 0 Å². The van der Waals surface area contributed by atoms with E-state index in [4.69, 9.17) is 5.73 Å². The second-order valence-electron chi connectivity index (χ2n) is 7.15. The molecule has 1 unspecified atom stereocenters. The highest BCUT2D eigenvalue weighted by atomic mass is 32.2. The topological polar surface area (TPSA) is 101 Å². The summed E-state index contributed by atoms with van der Waals surface area (Å²) in [6, 6.07) is 4.36. The van der Waals surface area contributed by atoms with Crippen LogP contribution in [0.5, 0.6) is 0 Å². The number of amides is 2. The smallest absolute Gasteiger partial charge is 0.244 e. The van der Waals surface area contributed by atoms with Gasteiger partial charge in [-0.25, -0.2) is 17.1 Å². The number of halogens is 1. The van der Waals surface area contributed by atoms with Crippen molar-refractivity contribution in [1.29, 1.82) is 0 Å². The first kappa shape index (κ1) is 22.3. The molecular weight excluding hydrogens is 385 g/mol. The molecule has 2 rings (SSSR count). The molecule has 156 valence electrons. The fourth-order valence-electron chi connectivity index (χ4n) is 3.51. The predicted octanol–water partition coefficient (Wildman–Crippen LogP) is 1.65. The number of benzene rings is 1. The third-order valence-corrected chi connectivity index (χ3v) is 7.08. The first-order chi connectivity index (χ1) is 13.2. The molecule has 1 aliphatic rings. The van der Waals surface area contributed by atoms with Gasteiger partial charge in [-0.15, -0.1) is 0 Å². The van der Waals surface area contributed by atoms with Crippen molar-refractivity contribution in [2.75, 3.05) is 25.9 Å². The Morgan fingerprint density at radius 1 is 1.32 bits per heavy atom. The lowest BCUT2D eigenvalue weighted by molar-refractivity contribution is -0.142. The molecule has 2 N–H and O–H groups in total. The summed E-state index contributed by atoms with van der Waals surface area (Å²) in [5.74, 6) is -1.85. The molecule has 0 aliphatic carbocycles. The predicted molar refractivity (Wildman–Crippen MR) is 104 cm³/mol. The molecule has 0 radical (unpaired) electrons. The average molecular weight is 414 g/mol. The zero-order valence-electron chi connectivity index (χ0n) is 16.3. The van der Waals surface area contributed by atoms with Crippen molar-refractivity contribution in [2.24, 2.45) is 11.7 Å². The van der Waals surface area contributed by atoms with E-state index < -0.39 is 33.7 Å². The molecule has 0 spiro atoms. The summed E-state index contributed by atoms with van der Waals surface area (Å²) < 4.78 is 39.6. The number of carbonyl (C=O) groups excluding carboxylic acids is 2. The highest BCUT2D eigenvalue weighted by molar-refractivity contribution is 7.89. The maximum Gasteiger partial charge on any atom is 0.244 e. The Kier molecular flexibility index (Phi) is 7.54. The van der Waals surface area contributed by atoms with Gasteiger partial charge in [-0.3, -0.25) is 9.59 Å². The van der Waals surface area contributed by atoms with Gasteiger partial charge < -0.3 is 10.6 Å². The monoisotopic (exact) mass is 413 g/mol.